The van der Waals surface area contributed by atoms with E-state index in [9.17, 15) is 0 Å². The van der Waals surface area contributed by atoms with E-state index in [4.69, 9.17) is 4.42 Å². The molecular formula is C50H32N2OS2. The topological polar surface area (TPSA) is 38.9 Å². The molecule has 3 aromatic heterocycles. The maximum absolute atomic E-state index is 6.38. The predicted octanol–water partition coefficient (Wildman–Crippen LogP) is 14.7. The number of hydrogen-bond donors (Lipinski definition) is 0. The van der Waals surface area contributed by atoms with Crippen molar-refractivity contribution < 1.29 is 4.42 Å². The number of nitrogens with zero attached hydrogens (tertiary/aromatic N) is 2. The van der Waals surface area contributed by atoms with Crippen LogP contribution in [0.2, 0.25) is 0 Å². The van der Waals surface area contributed by atoms with Crippen molar-refractivity contribution in [3.8, 4) is 45.2 Å². The van der Waals surface area contributed by atoms with Crippen LogP contribution < -0.4 is 0 Å². The van der Waals surface area contributed by atoms with E-state index >= 15 is 0 Å². The smallest absolute Gasteiger partial charge is 0.248 e. The molecule has 0 spiro atoms. The summed E-state index contributed by atoms with van der Waals surface area (Å²) in [7, 11) is 0. The molecule has 11 rings (SSSR count). The number of benzene rings is 7. The zero-order valence-electron chi connectivity index (χ0n) is 29.7. The van der Waals surface area contributed by atoms with E-state index in [0.29, 0.717) is 11.8 Å². The van der Waals surface area contributed by atoms with Gasteiger partial charge in [0.05, 0.1) is 0 Å². The second-order valence-corrected chi connectivity index (χ2v) is 16.2. The van der Waals surface area contributed by atoms with Gasteiger partial charge in [0, 0.05) is 51.5 Å². The van der Waals surface area contributed by atoms with Crippen LogP contribution in [0, 0.1) is 0 Å². The number of thiophene rings is 2. The minimum atomic E-state index is 0.506. The maximum atomic E-state index is 6.38. The second-order valence-electron chi connectivity index (χ2n) is 14.1. The molecule has 0 unspecified atom stereocenters. The van der Waals surface area contributed by atoms with Crippen LogP contribution in [0.15, 0.2) is 174 Å². The van der Waals surface area contributed by atoms with Crippen molar-refractivity contribution in [2.75, 3.05) is 0 Å². The Labute approximate surface area is 326 Å². The van der Waals surface area contributed by atoms with E-state index < -0.39 is 0 Å². The van der Waals surface area contributed by atoms with Crippen molar-refractivity contribution >= 4 is 74.2 Å². The highest BCUT2D eigenvalue weighted by molar-refractivity contribution is 7.26. The number of fused-ring (bicyclic) bond motifs is 6. The lowest BCUT2D eigenvalue weighted by Crippen LogP contribution is -1.94. The molecule has 0 aliphatic heterocycles. The largest absolute Gasteiger partial charge is 0.416 e. The summed E-state index contributed by atoms with van der Waals surface area (Å²) in [5.74, 6) is 1.02. The first-order valence-electron chi connectivity index (χ1n) is 18.6. The average molecular weight is 741 g/mol. The molecule has 0 N–H and O–H groups in total. The van der Waals surface area contributed by atoms with Crippen LogP contribution >= 0.6 is 22.7 Å². The summed E-state index contributed by atoms with van der Waals surface area (Å²) in [6, 6.07) is 56.4. The number of aromatic nitrogens is 2. The van der Waals surface area contributed by atoms with Crippen molar-refractivity contribution in [3.63, 3.8) is 0 Å². The Kier molecular flexibility index (Phi) is 7.68. The second kappa shape index (κ2) is 13.2. The summed E-state index contributed by atoms with van der Waals surface area (Å²) in [6.07, 6.45) is 6.73. The molecular weight excluding hydrogens is 709 g/mol. The van der Waals surface area contributed by atoms with Gasteiger partial charge < -0.3 is 4.42 Å². The Hall–Kier alpha value is -6.40. The molecule has 0 saturated heterocycles. The number of allylic oxidation sites excluding steroid dienone is 4. The molecule has 7 aromatic carbocycles. The molecule has 0 fully saturated rings. The molecule has 1 aliphatic rings. The highest BCUT2D eigenvalue weighted by Gasteiger charge is 2.17. The van der Waals surface area contributed by atoms with Gasteiger partial charge in [-0.25, -0.2) is 0 Å². The first-order chi connectivity index (χ1) is 27.2. The normalized spacial score (nSPS) is 13.2. The third-order valence-corrected chi connectivity index (χ3v) is 13.2. The lowest BCUT2D eigenvalue weighted by Gasteiger charge is -2.16. The first kappa shape index (κ1) is 32.1. The average Bonchev–Trinajstić information content (AvgIpc) is 4.00. The van der Waals surface area contributed by atoms with E-state index in [1.54, 1.807) is 0 Å². The fourth-order valence-corrected chi connectivity index (χ4v) is 10.5. The van der Waals surface area contributed by atoms with Crippen molar-refractivity contribution in [2.45, 2.75) is 12.8 Å². The molecule has 0 radical (unpaired) electrons. The van der Waals surface area contributed by atoms with Gasteiger partial charge in [-0.2, -0.15) is 0 Å². The van der Waals surface area contributed by atoms with Crippen LogP contribution in [-0.2, 0) is 0 Å². The van der Waals surface area contributed by atoms with Gasteiger partial charge in [-0.3, -0.25) is 0 Å². The minimum Gasteiger partial charge on any atom is -0.416 e. The molecule has 0 atom stereocenters. The molecule has 1 aliphatic carbocycles. The summed E-state index contributed by atoms with van der Waals surface area (Å²) in [6.45, 7) is 0. The van der Waals surface area contributed by atoms with E-state index in [1.807, 2.05) is 28.7 Å². The third kappa shape index (κ3) is 5.63. The van der Waals surface area contributed by atoms with Gasteiger partial charge in [-0.05, 0) is 99.8 Å². The van der Waals surface area contributed by atoms with Gasteiger partial charge in [0.2, 0.25) is 11.8 Å². The number of rotatable bonds is 6. The van der Waals surface area contributed by atoms with Crippen LogP contribution in [-0.4, -0.2) is 10.2 Å². The highest BCUT2D eigenvalue weighted by atomic mass is 32.1. The Bertz CT molecular complexity index is 3170. The lowest BCUT2D eigenvalue weighted by molar-refractivity contribution is 0.584. The summed E-state index contributed by atoms with van der Waals surface area (Å²) >= 11 is 3.74. The first-order valence-corrected chi connectivity index (χ1v) is 20.2. The quantitative estimate of drug-likeness (QED) is 0.170. The van der Waals surface area contributed by atoms with Gasteiger partial charge in [0.1, 0.15) is 0 Å². The Morgan fingerprint density at radius 3 is 1.60 bits per heavy atom. The zero-order valence-corrected chi connectivity index (χ0v) is 31.3. The van der Waals surface area contributed by atoms with Crippen LogP contribution in [0.3, 0.4) is 0 Å². The van der Waals surface area contributed by atoms with E-state index in [1.165, 1.54) is 73.7 Å². The molecule has 55 heavy (non-hydrogen) atoms. The fourth-order valence-electron chi connectivity index (χ4n) is 8.07. The predicted molar refractivity (Wildman–Crippen MR) is 233 cm³/mol. The molecule has 3 nitrogen and oxygen atoms in total. The van der Waals surface area contributed by atoms with Crippen LogP contribution in [0.1, 0.15) is 24.0 Å². The monoisotopic (exact) mass is 740 g/mol. The molecule has 0 amide bonds. The third-order valence-electron chi connectivity index (χ3n) is 10.7. The van der Waals surface area contributed by atoms with Crippen molar-refractivity contribution in [1.82, 2.24) is 10.2 Å². The SMILES string of the molecule is C1=C(c2cccc(-c3nnc(-c4cccc(-c5cccc(-c6cccc7c6sc6ccccc67)c5)c4)o3)c2)CCC=C1c1cccc2c1sc1ccccc12. The van der Waals surface area contributed by atoms with Gasteiger partial charge in [-0.1, -0.05) is 127 Å². The van der Waals surface area contributed by atoms with Crippen LogP contribution in [0.4, 0.5) is 0 Å². The van der Waals surface area contributed by atoms with Crippen LogP contribution in [0.25, 0.3) is 96.7 Å². The lowest BCUT2D eigenvalue weighted by atomic mass is 9.89. The molecule has 10 aromatic rings. The molecule has 0 bridgehead atoms. The van der Waals surface area contributed by atoms with Gasteiger partial charge >= 0.3 is 0 Å². The van der Waals surface area contributed by atoms with Crippen LogP contribution in [0.5, 0.6) is 0 Å². The minimum absolute atomic E-state index is 0.506. The van der Waals surface area contributed by atoms with E-state index in [2.05, 4.69) is 174 Å². The van der Waals surface area contributed by atoms with Crippen molar-refractivity contribution in [1.29, 1.82) is 0 Å². The molecule has 5 heteroatoms. The molecule has 260 valence electrons. The Morgan fingerprint density at radius 2 is 0.927 bits per heavy atom. The maximum Gasteiger partial charge on any atom is 0.248 e. The summed E-state index contributed by atoms with van der Waals surface area (Å²) in [5.41, 5.74) is 11.6. The Morgan fingerprint density at radius 1 is 0.436 bits per heavy atom. The summed E-state index contributed by atoms with van der Waals surface area (Å²) in [5, 5.41) is 14.3. The summed E-state index contributed by atoms with van der Waals surface area (Å²) in [4.78, 5) is 0. The van der Waals surface area contributed by atoms with Gasteiger partial charge in [0.15, 0.2) is 0 Å². The Balaban J connectivity index is 0.882. The molecule has 3 heterocycles. The van der Waals surface area contributed by atoms with Gasteiger partial charge in [0.25, 0.3) is 0 Å². The van der Waals surface area contributed by atoms with Crippen molar-refractivity contribution in [3.05, 3.63) is 181 Å². The highest BCUT2D eigenvalue weighted by Crippen LogP contribution is 2.42. The summed E-state index contributed by atoms with van der Waals surface area (Å²) < 4.78 is 11.7. The standard InChI is InChI=1S/C50H32N2OS2/c1-3-25-45-41(19-1)43-23-9-21-39(47(43)54-45)35-15-5-11-31(27-35)33-13-7-17-37(29-33)49-51-52-50(53-49)38-18-8-14-34(30-38)32-12-6-16-36(28-32)40-22-10-24-44-42-20-2-4-26-46(42)55-48(40)44/h1-5,7-11,13-30H,6,12H2. The fraction of sp³-hybridized carbons (Fsp3) is 0.0400. The van der Waals surface area contributed by atoms with Crippen molar-refractivity contribution in [2.24, 2.45) is 0 Å². The molecule has 0 saturated carbocycles. The van der Waals surface area contributed by atoms with E-state index in [0.717, 1.165) is 35.1 Å². The van der Waals surface area contributed by atoms with Gasteiger partial charge in [-0.15, -0.1) is 32.9 Å². The zero-order chi connectivity index (χ0) is 36.3. The van der Waals surface area contributed by atoms with E-state index in [-0.39, 0.29) is 0 Å². The number of hydrogen-bond acceptors (Lipinski definition) is 5.